The lowest BCUT2D eigenvalue weighted by atomic mass is 9.75. The molecule has 0 saturated carbocycles. The van der Waals surface area contributed by atoms with Gasteiger partial charge in [0.15, 0.2) is 0 Å². The quantitative estimate of drug-likeness (QED) is 0.741. The first-order valence-corrected chi connectivity index (χ1v) is 5.54. The molecule has 2 heteroatoms. The predicted molar refractivity (Wildman–Crippen MR) is 61.1 cm³/mol. The molecule has 0 heterocycles. The second-order valence-corrected chi connectivity index (χ2v) is 5.28. The van der Waals surface area contributed by atoms with Gasteiger partial charge in [-0.1, -0.05) is 41.0 Å². The van der Waals surface area contributed by atoms with Crippen LogP contribution >= 0.6 is 0 Å². The molecule has 84 valence electrons. The standard InChI is InChI=1S/C12H25NO/c1-7-9(2)8-10(11(14)13-6)12(3,4)5/h9-10H,7-8H2,1-6H3,(H,13,14). The second kappa shape index (κ2) is 5.38. The Hall–Kier alpha value is -0.530. The fraction of sp³-hybridized carbons (Fsp3) is 0.917. The van der Waals surface area contributed by atoms with E-state index in [2.05, 4.69) is 39.9 Å². The monoisotopic (exact) mass is 199 g/mol. The van der Waals surface area contributed by atoms with E-state index in [4.69, 9.17) is 0 Å². The Labute approximate surface area is 88.5 Å². The van der Waals surface area contributed by atoms with Gasteiger partial charge >= 0.3 is 0 Å². The minimum absolute atomic E-state index is 0.0591. The van der Waals surface area contributed by atoms with Crippen molar-refractivity contribution in [2.75, 3.05) is 7.05 Å². The van der Waals surface area contributed by atoms with Gasteiger partial charge in [-0.05, 0) is 17.8 Å². The molecule has 0 aliphatic carbocycles. The third-order valence-electron chi connectivity index (χ3n) is 2.94. The summed E-state index contributed by atoms with van der Waals surface area (Å²) in [6, 6.07) is 0. The maximum atomic E-state index is 11.7. The van der Waals surface area contributed by atoms with Gasteiger partial charge in [-0.25, -0.2) is 0 Å². The van der Waals surface area contributed by atoms with E-state index in [0.717, 1.165) is 12.8 Å². The van der Waals surface area contributed by atoms with Gasteiger partial charge in [0.05, 0.1) is 0 Å². The molecule has 0 spiro atoms. The molecule has 0 aromatic heterocycles. The van der Waals surface area contributed by atoms with E-state index in [-0.39, 0.29) is 17.2 Å². The molecule has 1 N–H and O–H groups in total. The molecule has 2 atom stereocenters. The Balaban J connectivity index is 4.49. The van der Waals surface area contributed by atoms with Crippen molar-refractivity contribution in [3.05, 3.63) is 0 Å². The molecule has 0 aliphatic heterocycles. The fourth-order valence-corrected chi connectivity index (χ4v) is 1.60. The molecule has 1 amide bonds. The van der Waals surface area contributed by atoms with Crippen LogP contribution in [-0.4, -0.2) is 13.0 Å². The third-order valence-corrected chi connectivity index (χ3v) is 2.94. The van der Waals surface area contributed by atoms with Crippen LogP contribution in [0.5, 0.6) is 0 Å². The first kappa shape index (κ1) is 13.5. The van der Waals surface area contributed by atoms with Crippen LogP contribution in [0.25, 0.3) is 0 Å². The lowest BCUT2D eigenvalue weighted by Gasteiger charge is -2.31. The van der Waals surface area contributed by atoms with E-state index >= 15 is 0 Å². The summed E-state index contributed by atoms with van der Waals surface area (Å²) in [5.41, 5.74) is 0.0591. The zero-order valence-electron chi connectivity index (χ0n) is 10.5. The summed E-state index contributed by atoms with van der Waals surface area (Å²) in [4.78, 5) is 11.7. The molecule has 14 heavy (non-hydrogen) atoms. The molecule has 0 fully saturated rings. The van der Waals surface area contributed by atoms with Gasteiger partial charge in [-0.2, -0.15) is 0 Å². The molecule has 2 nitrogen and oxygen atoms in total. The van der Waals surface area contributed by atoms with E-state index in [1.165, 1.54) is 0 Å². The van der Waals surface area contributed by atoms with Crippen LogP contribution in [0.2, 0.25) is 0 Å². The van der Waals surface area contributed by atoms with Crippen LogP contribution in [-0.2, 0) is 4.79 Å². The number of nitrogens with one attached hydrogen (secondary N) is 1. The number of carbonyl (C=O) groups is 1. The summed E-state index contributed by atoms with van der Waals surface area (Å²) in [6.07, 6.45) is 2.13. The average molecular weight is 199 g/mol. The normalized spacial score (nSPS) is 16.1. The smallest absolute Gasteiger partial charge is 0.223 e. The first-order valence-electron chi connectivity index (χ1n) is 5.54. The largest absolute Gasteiger partial charge is 0.359 e. The van der Waals surface area contributed by atoms with Crippen LogP contribution in [0.15, 0.2) is 0 Å². The molecule has 0 aromatic rings. The summed E-state index contributed by atoms with van der Waals surface area (Å²) in [7, 11) is 1.72. The van der Waals surface area contributed by atoms with Crippen LogP contribution < -0.4 is 5.32 Å². The SMILES string of the molecule is CCC(C)CC(C(=O)NC)C(C)(C)C. The summed E-state index contributed by atoms with van der Waals surface area (Å²) in [5.74, 6) is 0.928. The Kier molecular flexibility index (Phi) is 5.17. The molecular weight excluding hydrogens is 174 g/mol. The highest BCUT2D eigenvalue weighted by molar-refractivity contribution is 5.79. The first-order chi connectivity index (χ1) is 6.32. The molecule has 0 bridgehead atoms. The Morgan fingerprint density at radius 3 is 2.14 bits per heavy atom. The third kappa shape index (κ3) is 4.12. The van der Waals surface area contributed by atoms with Crippen LogP contribution in [0.3, 0.4) is 0 Å². The van der Waals surface area contributed by atoms with Crippen molar-refractivity contribution in [1.29, 1.82) is 0 Å². The van der Waals surface area contributed by atoms with Crippen molar-refractivity contribution in [3.63, 3.8) is 0 Å². The Morgan fingerprint density at radius 2 is 1.86 bits per heavy atom. The maximum absolute atomic E-state index is 11.7. The number of amides is 1. The number of hydrogen-bond donors (Lipinski definition) is 1. The highest BCUT2D eigenvalue weighted by atomic mass is 16.1. The van der Waals surface area contributed by atoms with Crippen LogP contribution in [0.1, 0.15) is 47.5 Å². The van der Waals surface area contributed by atoms with Crippen LogP contribution in [0, 0.1) is 17.3 Å². The highest BCUT2D eigenvalue weighted by Gasteiger charge is 2.31. The summed E-state index contributed by atoms with van der Waals surface area (Å²) >= 11 is 0. The summed E-state index contributed by atoms with van der Waals surface area (Å²) in [5, 5.41) is 2.76. The number of carbonyl (C=O) groups excluding carboxylic acids is 1. The number of rotatable bonds is 4. The van der Waals surface area contributed by atoms with E-state index in [9.17, 15) is 4.79 Å². The van der Waals surface area contributed by atoms with Crippen molar-refractivity contribution >= 4 is 5.91 Å². The molecule has 0 saturated heterocycles. The van der Waals surface area contributed by atoms with E-state index in [1.54, 1.807) is 7.05 Å². The van der Waals surface area contributed by atoms with Gasteiger partial charge in [0, 0.05) is 13.0 Å². The van der Waals surface area contributed by atoms with E-state index < -0.39 is 0 Å². The van der Waals surface area contributed by atoms with Gasteiger partial charge in [-0.15, -0.1) is 0 Å². The molecule has 2 unspecified atom stereocenters. The summed E-state index contributed by atoms with van der Waals surface area (Å²) < 4.78 is 0. The lowest BCUT2D eigenvalue weighted by molar-refractivity contribution is -0.128. The van der Waals surface area contributed by atoms with Crippen LogP contribution in [0.4, 0.5) is 0 Å². The minimum atomic E-state index is 0.0591. The highest BCUT2D eigenvalue weighted by Crippen LogP contribution is 2.32. The predicted octanol–water partition coefficient (Wildman–Crippen LogP) is 2.83. The van der Waals surface area contributed by atoms with Crippen molar-refractivity contribution in [1.82, 2.24) is 5.32 Å². The Morgan fingerprint density at radius 1 is 1.36 bits per heavy atom. The van der Waals surface area contributed by atoms with Gasteiger partial charge in [0.1, 0.15) is 0 Å². The Bertz CT molecular complexity index is 181. The van der Waals surface area contributed by atoms with E-state index in [0.29, 0.717) is 5.92 Å². The average Bonchev–Trinajstić information content (AvgIpc) is 2.10. The van der Waals surface area contributed by atoms with Crippen molar-refractivity contribution < 1.29 is 4.79 Å². The minimum Gasteiger partial charge on any atom is -0.359 e. The molecule has 0 radical (unpaired) electrons. The zero-order chi connectivity index (χ0) is 11.4. The zero-order valence-corrected chi connectivity index (χ0v) is 10.5. The molecule has 0 rings (SSSR count). The van der Waals surface area contributed by atoms with Crippen molar-refractivity contribution in [2.24, 2.45) is 17.3 Å². The summed E-state index contributed by atoms with van der Waals surface area (Å²) in [6.45, 7) is 10.8. The van der Waals surface area contributed by atoms with Crippen molar-refractivity contribution in [2.45, 2.75) is 47.5 Å². The topological polar surface area (TPSA) is 29.1 Å². The maximum Gasteiger partial charge on any atom is 0.223 e. The van der Waals surface area contributed by atoms with Gasteiger partial charge in [-0.3, -0.25) is 4.79 Å². The lowest BCUT2D eigenvalue weighted by Crippen LogP contribution is -2.37. The number of hydrogen-bond acceptors (Lipinski definition) is 1. The molecular formula is C12H25NO. The van der Waals surface area contributed by atoms with Gasteiger partial charge in [0.2, 0.25) is 5.91 Å². The fourth-order valence-electron chi connectivity index (χ4n) is 1.60. The van der Waals surface area contributed by atoms with E-state index in [1.807, 2.05) is 0 Å². The molecule has 0 aliphatic rings. The molecule has 0 aromatic carbocycles. The van der Waals surface area contributed by atoms with Gasteiger partial charge in [0.25, 0.3) is 0 Å². The van der Waals surface area contributed by atoms with Gasteiger partial charge < -0.3 is 5.32 Å². The second-order valence-electron chi connectivity index (χ2n) is 5.28. The van der Waals surface area contributed by atoms with Crippen molar-refractivity contribution in [3.8, 4) is 0 Å².